The number of carbonyl (C=O) groups is 2. The van der Waals surface area contributed by atoms with Crippen LogP contribution in [0.1, 0.15) is 36.3 Å². The summed E-state index contributed by atoms with van der Waals surface area (Å²) < 4.78 is 1.03. The number of anilines is 1. The Hall–Kier alpha value is -3.75. The molecule has 0 saturated carbocycles. The lowest BCUT2D eigenvalue weighted by atomic mass is 9.88. The van der Waals surface area contributed by atoms with Gasteiger partial charge in [-0.05, 0) is 55.6 Å². The number of nitrogens with one attached hydrogen (secondary N) is 3. The predicted molar refractivity (Wildman–Crippen MR) is 158 cm³/mol. The number of hydrogen-bond donors (Lipinski definition) is 3. The Morgan fingerprint density at radius 2 is 1.54 bits per heavy atom. The number of hydrogen-bond acceptors (Lipinski definition) is 5. The van der Waals surface area contributed by atoms with Gasteiger partial charge in [-0.2, -0.15) is 0 Å². The Kier molecular flexibility index (Phi) is 9.19. The summed E-state index contributed by atoms with van der Waals surface area (Å²) in [5.74, 6) is 0.265. The molecule has 1 saturated heterocycles. The molecule has 1 fully saturated rings. The summed E-state index contributed by atoms with van der Waals surface area (Å²) in [5.41, 5.74) is 3.30. The minimum Gasteiger partial charge on any atom is -0.354 e. The van der Waals surface area contributed by atoms with E-state index in [1.54, 1.807) is 4.90 Å². The van der Waals surface area contributed by atoms with E-state index < -0.39 is 0 Å². The molecule has 4 aromatic rings. The van der Waals surface area contributed by atoms with Gasteiger partial charge < -0.3 is 15.5 Å². The van der Waals surface area contributed by atoms with E-state index in [-0.39, 0.29) is 23.8 Å². The van der Waals surface area contributed by atoms with E-state index in [1.165, 1.54) is 22.5 Å². The van der Waals surface area contributed by atoms with Crippen molar-refractivity contribution in [1.29, 1.82) is 0 Å². The number of amides is 3. The smallest absolute Gasteiger partial charge is 0.323 e. The zero-order valence-corrected chi connectivity index (χ0v) is 22.8. The number of aromatic nitrogens is 1. The molecule has 3 aromatic carbocycles. The summed E-state index contributed by atoms with van der Waals surface area (Å²) in [4.78, 5) is 32.6. The van der Waals surface area contributed by atoms with Gasteiger partial charge in [-0.1, -0.05) is 84.1 Å². The quantitative estimate of drug-likeness (QED) is 0.249. The molecule has 0 radical (unpaired) electrons. The maximum Gasteiger partial charge on any atom is 0.323 e. The van der Waals surface area contributed by atoms with Crippen LogP contribution in [0.4, 0.5) is 9.93 Å². The van der Waals surface area contributed by atoms with Crippen LogP contribution in [0.3, 0.4) is 0 Å². The number of urea groups is 1. The van der Waals surface area contributed by atoms with Gasteiger partial charge in [-0.3, -0.25) is 10.1 Å². The van der Waals surface area contributed by atoms with E-state index in [0.29, 0.717) is 24.8 Å². The largest absolute Gasteiger partial charge is 0.354 e. The standard InChI is InChI=1S/C31H35N5O2S/c37-29(25-15-18-32-19-16-25)33-20-22-36(31(38)35-30-34-27-13-7-8-14-28(27)39-30)21-17-26(23-9-3-1-4-10-23)24-11-5-2-6-12-24/h1-14,25-26,32H,15-22H2,(H,33,37)(H,34,35,38). The van der Waals surface area contributed by atoms with Crippen molar-refractivity contribution in [3.63, 3.8) is 0 Å². The summed E-state index contributed by atoms with van der Waals surface area (Å²) in [5, 5.41) is 9.96. The van der Waals surface area contributed by atoms with Gasteiger partial charge in [0.1, 0.15) is 0 Å². The summed E-state index contributed by atoms with van der Waals surface area (Å²) in [7, 11) is 0. The number of nitrogens with zero attached hydrogens (tertiary/aromatic N) is 2. The van der Waals surface area contributed by atoms with Gasteiger partial charge in [0.2, 0.25) is 5.91 Å². The van der Waals surface area contributed by atoms with Gasteiger partial charge in [0.05, 0.1) is 10.2 Å². The van der Waals surface area contributed by atoms with Gasteiger partial charge in [-0.25, -0.2) is 9.78 Å². The first-order chi connectivity index (χ1) is 19.2. The molecule has 7 nitrogen and oxygen atoms in total. The normalized spacial score (nSPS) is 13.9. The molecule has 0 unspecified atom stereocenters. The van der Waals surface area contributed by atoms with Crippen molar-refractivity contribution in [3.05, 3.63) is 96.1 Å². The lowest BCUT2D eigenvalue weighted by Crippen LogP contribution is -2.44. The topological polar surface area (TPSA) is 86.4 Å². The molecule has 39 heavy (non-hydrogen) atoms. The molecule has 1 aromatic heterocycles. The van der Waals surface area contributed by atoms with E-state index in [1.807, 2.05) is 36.4 Å². The van der Waals surface area contributed by atoms with Crippen LogP contribution in [0.2, 0.25) is 0 Å². The monoisotopic (exact) mass is 541 g/mol. The number of para-hydroxylation sites is 1. The Morgan fingerprint density at radius 3 is 2.21 bits per heavy atom. The highest BCUT2D eigenvalue weighted by Gasteiger charge is 2.23. The fourth-order valence-electron chi connectivity index (χ4n) is 5.14. The Labute approximate surface area is 233 Å². The van der Waals surface area contributed by atoms with Crippen molar-refractivity contribution in [2.75, 3.05) is 38.0 Å². The van der Waals surface area contributed by atoms with Gasteiger partial charge >= 0.3 is 6.03 Å². The number of benzene rings is 3. The summed E-state index contributed by atoms with van der Waals surface area (Å²) in [6, 6.07) is 28.5. The highest BCUT2D eigenvalue weighted by molar-refractivity contribution is 7.22. The fraction of sp³-hybridized carbons (Fsp3) is 0.323. The molecule has 0 atom stereocenters. The predicted octanol–water partition coefficient (Wildman–Crippen LogP) is 5.47. The molecule has 1 aliphatic heterocycles. The summed E-state index contributed by atoms with van der Waals surface area (Å²) in [6.07, 6.45) is 2.45. The van der Waals surface area contributed by atoms with E-state index in [9.17, 15) is 9.59 Å². The van der Waals surface area contributed by atoms with Crippen LogP contribution in [0.15, 0.2) is 84.9 Å². The molecule has 8 heteroatoms. The molecule has 202 valence electrons. The number of carbonyl (C=O) groups excluding carboxylic acids is 2. The molecule has 2 heterocycles. The van der Waals surface area contributed by atoms with Crippen LogP contribution >= 0.6 is 11.3 Å². The molecular weight excluding hydrogens is 506 g/mol. The first kappa shape index (κ1) is 26.8. The third-order valence-corrected chi connectivity index (χ3v) is 8.23. The van der Waals surface area contributed by atoms with Crippen LogP contribution in [0.25, 0.3) is 10.2 Å². The molecule has 0 spiro atoms. The Bertz CT molecular complexity index is 1280. The SMILES string of the molecule is O=C(NCCN(CCC(c1ccccc1)c1ccccc1)C(=O)Nc1nc2ccccc2s1)C1CCNCC1. The third kappa shape index (κ3) is 7.22. The van der Waals surface area contributed by atoms with E-state index in [2.05, 4.69) is 69.5 Å². The lowest BCUT2D eigenvalue weighted by Gasteiger charge is -2.27. The first-order valence-electron chi connectivity index (χ1n) is 13.7. The van der Waals surface area contributed by atoms with Crippen molar-refractivity contribution in [1.82, 2.24) is 20.5 Å². The molecule has 1 aliphatic rings. The van der Waals surface area contributed by atoms with Crippen molar-refractivity contribution in [2.24, 2.45) is 5.92 Å². The van der Waals surface area contributed by atoms with Crippen LogP contribution in [-0.2, 0) is 4.79 Å². The third-order valence-electron chi connectivity index (χ3n) is 7.28. The van der Waals surface area contributed by atoms with Crippen molar-refractivity contribution in [3.8, 4) is 0 Å². The molecule has 0 aliphatic carbocycles. The summed E-state index contributed by atoms with van der Waals surface area (Å²) >= 11 is 1.46. The second kappa shape index (κ2) is 13.4. The van der Waals surface area contributed by atoms with E-state index >= 15 is 0 Å². The zero-order valence-electron chi connectivity index (χ0n) is 22.0. The van der Waals surface area contributed by atoms with E-state index in [0.717, 1.165) is 42.6 Å². The Balaban J connectivity index is 1.29. The molecule has 3 amide bonds. The Morgan fingerprint density at radius 1 is 0.897 bits per heavy atom. The number of rotatable bonds is 10. The lowest BCUT2D eigenvalue weighted by molar-refractivity contribution is -0.125. The maximum atomic E-state index is 13.5. The maximum absolute atomic E-state index is 13.5. The average Bonchev–Trinajstić information content (AvgIpc) is 3.40. The van der Waals surface area contributed by atoms with Crippen LogP contribution in [0.5, 0.6) is 0 Å². The van der Waals surface area contributed by atoms with Crippen LogP contribution in [0, 0.1) is 5.92 Å². The number of fused-ring (bicyclic) bond motifs is 1. The van der Waals surface area contributed by atoms with Crippen molar-refractivity contribution < 1.29 is 9.59 Å². The van der Waals surface area contributed by atoms with Crippen molar-refractivity contribution >= 4 is 38.6 Å². The summed E-state index contributed by atoms with van der Waals surface area (Å²) in [6.45, 7) is 3.11. The fourth-order valence-corrected chi connectivity index (χ4v) is 5.99. The van der Waals surface area contributed by atoms with Crippen LogP contribution in [-0.4, -0.2) is 54.5 Å². The minimum atomic E-state index is -0.204. The zero-order chi connectivity index (χ0) is 26.9. The molecular formula is C31H35N5O2S. The molecule has 0 bridgehead atoms. The highest BCUT2D eigenvalue weighted by Crippen LogP contribution is 2.29. The molecule has 5 rings (SSSR count). The highest BCUT2D eigenvalue weighted by atomic mass is 32.1. The van der Waals surface area contributed by atoms with Gasteiger partial charge in [-0.15, -0.1) is 0 Å². The van der Waals surface area contributed by atoms with Crippen LogP contribution < -0.4 is 16.0 Å². The minimum absolute atomic E-state index is 0.0387. The molecule has 3 N–H and O–H groups in total. The van der Waals surface area contributed by atoms with Gasteiger partial charge in [0.15, 0.2) is 5.13 Å². The van der Waals surface area contributed by atoms with Gasteiger partial charge in [0, 0.05) is 31.5 Å². The first-order valence-corrected chi connectivity index (χ1v) is 14.5. The number of piperidine rings is 1. The van der Waals surface area contributed by atoms with Gasteiger partial charge in [0.25, 0.3) is 0 Å². The second-order valence-corrected chi connectivity index (χ2v) is 10.9. The van der Waals surface area contributed by atoms with Crippen molar-refractivity contribution in [2.45, 2.75) is 25.2 Å². The number of thiazole rings is 1. The van der Waals surface area contributed by atoms with E-state index in [4.69, 9.17) is 0 Å². The average molecular weight is 542 g/mol. The second-order valence-electron chi connectivity index (χ2n) is 9.88.